The van der Waals surface area contributed by atoms with E-state index in [-0.39, 0.29) is 28.0 Å². The Balaban J connectivity index is 2.21. The SMILES string of the molecule is C#C[C@H](C)CC1(CCC(=O)[C@@H](CC[C@@H](CCOCc2ccccc2)O[Si](CC)(CC)CC)O[Si](CC)(CC)CC)SCCCS1. The average molecular weight is 693 g/mol. The number of carbonyl (C=O) groups excluding carboxylic acids is 1. The Labute approximate surface area is 287 Å². The Kier molecular flexibility index (Phi) is 19.4. The molecule has 0 aliphatic carbocycles. The van der Waals surface area contributed by atoms with E-state index in [4.69, 9.17) is 20.0 Å². The van der Waals surface area contributed by atoms with Crippen molar-refractivity contribution >= 4 is 45.9 Å². The molecule has 1 saturated heterocycles. The Morgan fingerprint density at radius 2 is 1.47 bits per heavy atom. The molecule has 8 heteroatoms. The summed E-state index contributed by atoms with van der Waals surface area (Å²) in [6.45, 7) is 17.1. The van der Waals surface area contributed by atoms with Crippen LogP contribution in [-0.2, 0) is 25.0 Å². The summed E-state index contributed by atoms with van der Waals surface area (Å²) in [5.74, 6) is 5.75. The number of hydrogen-bond donors (Lipinski definition) is 0. The van der Waals surface area contributed by atoms with Gasteiger partial charge in [0.1, 0.15) is 6.10 Å². The quantitative estimate of drug-likeness (QED) is 0.0610. The molecule has 0 spiro atoms. The number of ketones is 1. The zero-order chi connectivity index (χ0) is 33.2. The minimum absolute atomic E-state index is 0.0371. The third kappa shape index (κ3) is 13.5. The first-order valence-corrected chi connectivity index (χ1v) is 24.9. The first kappa shape index (κ1) is 40.6. The number of ether oxygens (including phenoxy) is 1. The molecular formula is C37H64O4S2Si2. The lowest BCUT2D eigenvalue weighted by atomic mass is 9.98. The molecule has 0 unspecified atom stereocenters. The molecule has 0 radical (unpaired) electrons. The first-order chi connectivity index (χ1) is 21.7. The van der Waals surface area contributed by atoms with Crippen LogP contribution in [0.5, 0.6) is 0 Å². The number of terminal acetylenes is 1. The molecule has 45 heavy (non-hydrogen) atoms. The molecule has 3 atom stereocenters. The molecule has 1 aliphatic heterocycles. The van der Waals surface area contributed by atoms with E-state index in [9.17, 15) is 4.79 Å². The van der Waals surface area contributed by atoms with Gasteiger partial charge in [-0.25, -0.2) is 0 Å². The van der Waals surface area contributed by atoms with Gasteiger partial charge in [-0.1, -0.05) is 78.8 Å². The zero-order valence-electron chi connectivity index (χ0n) is 29.7. The molecule has 2 rings (SSSR count). The standard InChI is InChI=1S/C37H64O4S2Si2/c1-9-32(8)30-37(42-28-19-29-43-37)26-24-35(38)36(41-45(13-5,14-6)15-7)23-22-34(40-44(10-2,11-3)12-4)25-27-39-31-33-20-17-16-18-21-33/h1,16-18,20-21,32,34,36H,10-15,19,22-31H2,2-8H3/t32-,34-,36+/m0/s1. The van der Waals surface area contributed by atoms with Gasteiger partial charge in [-0.15, -0.1) is 35.9 Å². The maximum Gasteiger partial charge on any atom is 0.193 e. The molecule has 1 heterocycles. The summed E-state index contributed by atoms with van der Waals surface area (Å²) in [6.07, 6.45) is 11.6. The molecule has 0 N–H and O–H groups in total. The molecule has 0 saturated carbocycles. The number of rotatable bonds is 24. The Hall–Kier alpha value is -0.536. The van der Waals surface area contributed by atoms with E-state index in [1.54, 1.807) is 0 Å². The van der Waals surface area contributed by atoms with Gasteiger partial charge in [0.05, 0.1) is 10.7 Å². The van der Waals surface area contributed by atoms with E-state index >= 15 is 0 Å². The van der Waals surface area contributed by atoms with E-state index < -0.39 is 16.6 Å². The number of benzene rings is 1. The summed E-state index contributed by atoms with van der Waals surface area (Å²) < 4.78 is 20.3. The van der Waals surface area contributed by atoms with Gasteiger partial charge < -0.3 is 13.6 Å². The highest BCUT2D eigenvalue weighted by Gasteiger charge is 2.39. The largest absolute Gasteiger partial charge is 0.414 e. The zero-order valence-corrected chi connectivity index (χ0v) is 33.3. The minimum Gasteiger partial charge on any atom is -0.414 e. The number of Topliss-reactive ketones (excluding diaryl/α,β-unsaturated/α-hetero) is 1. The highest BCUT2D eigenvalue weighted by molar-refractivity contribution is 8.18. The van der Waals surface area contributed by atoms with Gasteiger partial charge in [-0.2, -0.15) is 0 Å². The van der Waals surface area contributed by atoms with Crippen LogP contribution in [0.4, 0.5) is 0 Å². The van der Waals surface area contributed by atoms with Crippen LogP contribution in [0.1, 0.15) is 99.0 Å². The van der Waals surface area contributed by atoms with Crippen LogP contribution in [0, 0.1) is 18.3 Å². The lowest BCUT2D eigenvalue weighted by Crippen LogP contribution is -2.44. The van der Waals surface area contributed by atoms with Crippen molar-refractivity contribution < 1.29 is 18.4 Å². The normalized spacial score (nSPS) is 17.4. The van der Waals surface area contributed by atoms with E-state index in [1.165, 1.54) is 12.0 Å². The lowest BCUT2D eigenvalue weighted by Gasteiger charge is -2.38. The molecule has 1 aliphatic rings. The molecular weight excluding hydrogens is 629 g/mol. The van der Waals surface area contributed by atoms with Crippen LogP contribution in [0.25, 0.3) is 0 Å². The molecule has 1 aromatic rings. The van der Waals surface area contributed by atoms with Crippen molar-refractivity contribution in [3.8, 4) is 12.3 Å². The maximum atomic E-state index is 14.2. The molecule has 0 aromatic heterocycles. The highest BCUT2D eigenvalue weighted by Crippen LogP contribution is 2.49. The summed E-state index contributed by atoms with van der Waals surface area (Å²) in [5.41, 5.74) is 1.19. The fraction of sp³-hybridized carbons (Fsp3) is 0.757. The second kappa shape index (κ2) is 21.4. The molecule has 0 amide bonds. The van der Waals surface area contributed by atoms with Gasteiger partial charge in [0.25, 0.3) is 0 Å². The second-order valence-corrected chi connectivity index (χ2v) is 25.6. The summed E-state index contributed by atoms with van der Waals surface area (Å²) >= 11 is 4.06. The van der Waals surface area contributed by atoms with Crippen molar-refractivity contribution in [3.63, 3.8) is 0 Å². The van der Waals surface area contributed by atoms with Crippen molar-refractivity contribution in [2.75, 3.05) is 18.1 Å². The van der Waals surface area contributed by atoms with E-state index in [0.29, 0.717) is 19.6 Å². The fourth-order valence-corrected chi connectivity index (χ4v) is 15.9. The van der Waals surface area contributed by atoms with Gasteiger partial charge in [0.15, 0.2) is 22.4 Å². The van der Waals surface area contributed by atoms with Crippen LogP contribution >= 0.6 is 23.5 Å². The van der Waals surface area contributed by atoms with Gasteiger partial charge in [0.2, 0.25) is 0 Å². The number of hydrogen-bond acceptors (Lipinski definition) is 6. The smallest absolute Gasteiger partial charge is 0.193 e. The topological polar surface area (TPSA) is 44.8 Å². The fourth-order valence-electron chi connectivity index (χ4n) is 6.50. The summed E-state index contributed by atoms with van der Waals surface area (Å²) in [4.78, 5) is 14.2. The monoisotopic (exact) mass is 692 g/mol. The summed E-state index contributed by atoms with van der Waals surface area (Å²) in [6, 6.07) is 16.9. The van der Waals surface area contributed by atoms with Crippen LogP contribution in [-0.4, -0.2) is 56.8 Å². The van der Waals surface area contributed by atoms with E-state index in [0.717, 1.165) is 79.9 Å². The van der Waals surface area contributed by atoms with Crippen LogP contribution in [0.2, 0.25) is 36.3 Å². The molecule has 1 aromatic carbocycles. The summed E-state index contributed by atoms with van der Waals surface area (Å²) in [5, 5.41) is 0. The van der Waals surface area contributed by atoms with Crippen molar-refractivity contribution in [1.29, 1.82) is 0 Å². The van der Waals surface area contributed by atoms with E-state index in [1.807, 2.05) is 29.6 Å². The average Bonchev–Trinajstić information content (AvgIpc) is 3.09. The van der Waals surface area contributed by atoms with Crippen molar-refractivity contribution in [2.45, 2.75) is 153 Å². The molecule has 1 fully saturated rings. The Morgan fingerprint density at radius 3 is 2.02 bits per heavy atom. The lowest BCUT2D eigenvalue weighted by molar-refractivity contribution is -0.127. The van der Waals surface area contributed by atoms with Crippen molar-refractivity contribution in [1.82, 2.24) is 0 Å². The number of thioether (sulfide) groups is 2. The Bertz CT molecular complexity index is 971. The molecule has 0 bridgehead atoms. The van der Waals surface area contributed by atoms with Crippen LogP contribution in [0.15, 0.2) is 30.3 Å². The minimum atomic E-state index is -1.99. The summed E-state index contributed by atoms with van der Waals surface area (Å²) in [7, 11) is -3.82. The third-order valence-electron chi connectivity index (χ3n) is 10.2. The van der Waals surface area contributed by atoms with Crippen LogP contribution < -0.4 is 0 Å². The molecule has 4 nitrogen and oxygen atoms in total. The molecule has 256 valence electrons. The first-order valence-electron chi connectivity index (χ1n) is 17.9. The van der Waals surface area contributed by atoms with Gasteiger partial charge in [-0.05, 0) is 91.9 Å². The van der Waals surface area contributed by atoms with E-state index in [2.05, 4.69) is 78.7 Å². The predicted molar refractivity (Wildman–Crippen MR) is 203 cm³/mol. The van der Waals surface area contributed by atoms with Gasteiger partial charge in [0, 0.05) is 25.0 Å². The predicted octanol–water partition coefficient (Wildman–Crippen LogP) is 10.7. The van der Waals surface area contributed by atoms with Gasteiger partial charge >= 0.3 is 0 Å². The third-order valence-corrected chi connectivity index (χ3v) is 23.0. The van der Waals surface area contributed by atoms with Crippen LogP contribution in [0.3, 0.4) is 0 Å². The van der Waals surface area contributed by atoms with Crippen molar-refractivity contribution in [2.24, 2.45) is 5.92 Å². The van der Waals surface area contributed by atoms with Gasteiger partial charge in [-0.3, -0.25) is 4.79 Å². The van der Waals surface area contributed by atoms with Crippen molar-refractivity contribution in [3.05, 3.63) is 35.9 Å². The maximum absolute atomic E-state index is 14.2. The Morgan fingerprint density at radius 1 is 0.889 bits per heavy atom. The number of carbonyl (C=O) groups is 1. The second-order valence-electron chi connectivity index (χ2n) is 12.9. The highest BCUT2D eigenvalue weighted by atomic mass is 32.2.